The fourth-order valence-electron chi connectivity index (χ4n) is 0.803. The summed E-state index contributed by atoms with van der Waals surface area (Å²) in [6.45, 7) is 1.98. The fourth-order valence-corrected chi connectivity index (χ4v) is 0.803. The molecular formula is C7H10N2O2. The molecule has 0 aromatic carbocycles. The summed E-state index contributed by atoms with van der Waals surface area (Å²) in [6.07, 6.45) is 3.60. The molecule has 0 fully saturated rings. The van der Waals surface area contributed by atoms with E-state index in [4.69, 9.17) is 0 Å². The lowest BCUT2D eigenvalue weighted by molar-refractivity contribution is -0.117. The number of nitrogens with one attached hydrogen (secondary N) is 1. The van der Waals surface area contributed by atoms with Gasteiger partial charge in [-0.05, 0) is 6.92 Å². The van der Waals surface area contributed by atoms with Crippen molar-refractivity contribution in [2.45, 2.75) is 19.9 Å². The van der Waals surface area contributed by atoms with Crippen LogP contribution in [0.5, 0.6) is 0 Å². The van der Waals surface area contributed by atoms with E-state index in [9.17, 15) is 9.59 Å². The minimum atomic E-state index is -0.161. The average Bonchev–Trinajstić information content (AvgIpc) is 2.31. The van der Waals surface area contributed by atoms with Crippen LogP contribution in [0.4, 0.5) is 0 Å². The first-order chi connectivity index (χ1) is 5.20. The van der Waals surface area contributed by atoms with Gasteiger partial charge in [0.15, 0.2) is 0 Å². The molecule has 60 valence electrons. The number of aryl methyl sites for hydroxylation is 1. The Balaban J connectivity index is 2.58. The van der Waals surface area contributed by atoms with E-state index in [1.807, 2.05) is 0 Å². The average molecular weight is 154 g/mol. The van der Waals surface area contributed by atoms with Crippen LogP contribution in [0.15, 0.2) is 17.2 Å². The third kappa shape index (κ3) is 2.07. The number of hydrogen-bond acceptors (Lipinski definition) is 2. The van der Waals surface area contributed by atoms with E-state index in [0.29, 0.717) is 13.0 Å². The molecule has 0 aliphatic rings. The lowest BCUT2D eigenvalue weighted by atomic mass is 10.3. The molecule has 0 bridgehead atoms. The van der Waals surface area contributed by atoms with Crippen molar-refractivity contribution in [1.82, 2.24) is 9.55 Å². The predicted octanol–water partition coefficient (Wildman–Crippen LogP) is 0.156. The molecule has 0 aliphatic heterocycles. The highest BCUT2D eigenvalue weighted by atomic mass is 16.1. The number of aromatic nitrogens is 2. The van der Waals surface area contributed by atoms with Crippen molar-refractivity contribution in [3.05, 3.63) is 22.9 Å². The van der Waals surface area contributed by atoms with Crippen LogP contribution in [-0.4, -0.2) is 15.3 Å². The molecular weight excluding hydrogens is 144 g/mol. The van der Waals surface area contributed by atoms with Crippen LogP contribution >= 0.6 is 0 Å². The normalized spacial score (nSPS) is 9.91. The Morgan fingerprint density at radius 2 is 2.45 bits per heavy atom. The van der Waals surface area contributed by atoms with Crippen molar-refractivity contribution in [2.24, 2.45) is 0 Å². The SMILES string of the molecule is CC(=O)CCn1cc[nH]c1=O. The summed E-state index contributed by atoms with van der Waals surface area (Å²) in [5, 5.41) is 0. The summed E-state index contributed by atoms with van der Waals surface area (Å²) in [5.74, 6) is 0.0955. The first kappa shape index (κ1) is 7.78. The summed E-state index contributed by atoms with van der Waals surface area (Å²) in [6, 6.07) is 0. The fraction of sp³-hybridized carbons (Fsp3) is 0.429. The second kappa shape index (κ2) is 3.18. The van der Waals surface area contributed by atoms with Crippen LogP contribution in [0.2, 0.25) is 0 Å². The van der Waals surface area contributed by atoms with Gasteiger partial charge in [0.25, 0.3) is 0 Å². The number of nitrogens with zero attached hydrogens (tertiary/aromatic N) is 1. The lowest BCUT2D eigenvalue weighted by Gasteiger charge is -1.95. The maximum Gasteiger partial charge on any atom is 0.325 e. The van der Waals surface area contributed by atoms with Crippen molar-refractivity contribution >= 4 is 5.78 Å². The van der Waals surface area contributed by atoms with Gasteiger partial charge in [-0.2, -0.15) is 0 Å². The number of carbonyl (C=O) groups is 1. The molecule has 0 spiro atoms. The van der Waals surface area contributed by atoms with Gasteiger partial charge < -0.3 is 4.98 Å². The zero-order valence-corrected chi connectivity index (χ0v) is 6.33. The quantitative estimate of drug-likeness (QED) is 0.674. The summed E-state index contributed by atoms with van der Waals surface area (Å²) >= 11 is 0. The molecule has 4 heteroatoms. The molecule has 0 radical (unpaired) electrons. The molecule has 0 saturated carbocycles. The van der Waals surface area contributed by atoms with Crippen LogP contribution in [0.25, 0.3) is 0 Å². The third-order valence-electron chi connectivity index (χ3n) is 1.43. The second-order valence-electron chi connectivity index (χ2n) is 2.41. The van der Waals surface area contributed by atoms with Gasteiger partial charge in [0.1, 0.15) is 5.78 Å². The lowest BCUT2D eigenvalue weighted by Crippen LogP contribution is -2.17. The molecule has 1 aromatic heterocycles. The summed E-state index contributed by atoms with van der Waals surface area (Å²) in [4.78, 5) is 23.8. The Hall–Kier alpha value is -1.32. The minimum Gasteiger partial charge on any atom is -0.313 e. The first-order valence-corrected chi connectivity index (χ1v) is 3.43. The van der Waals surface area contributed by atoms with Crippen LogP contribution in [0.3, 0.4) is 0 Å². The van der Waals surface area contributed by atoms with Gasteiger partial charge in [-0.1, -0.05) is 0 Å². The minimum absolute atomic E-state index is 0.0955. The first-order valence-electron chi connectivity index (χ1n) is 3.43. The maximum absolute atomic E-state index is 10.8. The molecule has 11 heavy (non-hydrogen) atoms. The van der Waals surface area contributed by atoms with Gasteiger partial charge in [-0.3, -0.25) is 9.36 Å². The molecule has 0 aliphatic carbocycles. The van der Waals surface area contributed by atoms with Gasteiger partial charge >= 0.3 is 5.69 Å². The Morgan fingerprint density at radius 1 is 1.73 bits per heavy atom. The van der Waals surface area contributed by atoms with Gasteiger partial charge in [0.2, 0.25) is 0 Å². The number of rotatable bonds is 3. The second-order valence-corrected chi connectivity index (χ2v) is 2.41. The van der Waals surface area contributed by atoms with Gasteiger partial charge in [0.05, 0.1) is 0 Å². The monoisotopic (exact) mass is 154 g/mol. The molecule has 1 heterocycles. The molecule has 1 rings (SSSR count). The van der Waals surface area contributed by atoms with Gasteiger partial charge in [-0.25, -0.2) is 4.79 Å². The van der Waals surface area contributed by atoms with Crippen molar-refractivity contribution in [1.29, 1.82) is 0 Å². The standard InChI is InChI=1S/C7H10N2O2/c1-6(10)2-4-9-5-3-8-7(9)11/h3,5H,2,4H2,1H3,(H,8,11). The highest BCUT2D eigenvalue weighted by Gasteiger charge is 1.96. The van der Waals surface area contributed by atoms with E-state index in [2.05, 4.69) is 4.98 Å². The van der Waals surface area contributed by atoms with Crippen LogP contribution < -0.4 is 5.69 Å². The van der Waals surface area contributed by atoms with E-state index in [1.165, 1.54) is 11.5 Å². The molecule has 1 aromatic rings. The number of ketones is 1. The Kier molecular flexibility index (Phi) is 2.25. The Morgan fingerprint density at radius 3 is 2.91 bits per heavy atom. The van der Waals surface area contributed by atoms with Crippen molar-refractivity contribution in [2.75, 3.05) is 0 Å². The van der Waals surface area contributed by atoms with Gasteiger partial charge in [0, 0.05) is 25.4 Å². The van der Waals surface area contributed by atoms with E-state index in [-0.39, 0.29) is 11.5 Å². The number of aromatic amines is 1. The predicted molar refractivity (Wildman–Crippen MR) is 40.4 cm³/mol. The summed E-state index contributed by atoms with van der Waals surface area (Å²) in [7, 11) is 0. The largest absolute Gasteiger partial charge is 0.325 e. The van der Waals surface area contributed by atoms with E-state index >= 15 is 0 Å². The highest BCUT2D eigenvalue weighted by Crippen LogP contribution is 1.86. The zero-order chi connectivity index (χ0) is 8.27. The molecule has 0 amide bonds. The maximum atomic E-state index is 10.8. The third-order valence-corrected chi connectivity index (χ3v) is 1.43. The molecule has 4 nitrogen and oxygen atoms in total. The highest BCUT2D eigenvalue weighted by molar-refractivity contribution is 5.75. The van der Waals surface area contributed by atoms with E-state index in [0.717, 1.165) is 0 Å². The number of H-pyrrole nitrogens is 1. The Bertz CT molecular complexity index is 297. The zero-order valence-electron chi connectivity index (χ0n) is 6.33. The van der Waals surface area contributed by atoms with Gasteiger partial charge in [-0.15, -0.1) is 0 Å². The molecule has 0 unspecified atom stereocenters. The molecule has 0 atom stereocenters. The number of imidazole rings is 1. The van der Waals surface area contributed by atoms with Crippen LogP contribution in [0.1, 0.15) is 13.3 Å². The van der Waals surface area contributed by atoms with E-state index < -0.39 is 0 Å². The molecule has 1 N–H and O–H groups in total. The Labute approximate surface area is 63.9 Å². The molecule has 0 saturated heterocycles. The number of carbonyl (C=O) groups excluding carboxylic acids is 1. The van der Waals surface area contributed by atoms with Crippen molar-refractivity contribution < 1.29 is 4.79 Å². The number of hydrogen-bond donors (Lipinski definition) is 1. The van der Waals surface area contributed by atoms with Crippen LogP contribution in [0, 0.1) is 0 Å². The summed E-state index contributed by atoms with van der Waals surface area (Å²) < 4.78 is 1.47. The van der Waals surface area contributed by atoms with Crippen molar-refractivity contribution in [3.8, 4) is 0 Å². The smallest absolute Gasteiger partial charge is 0.313 e. The topological polar surface area (TPSA) is 54.9 Å². The van der Waals surface area contributed by atoms with Crippen molar-refractivity contribution in [3.63, 3.8) is 0 Å². The van der Waals surface area contributed by atoms with E-state index in [1.54, 1.807) is 12.4 Å². The number of Topliss-reactive ketones (excluding diaryl/α,β-unsaturated/α-hetero) is 1. The van der Waals surface area contributed by atoms with Crippen LogP contribution in [-0.2, 0) is 11.3 Å². The summed E-state index contributed by atoms with van der Waals surface area (Å²) in [5.41, 5.74) is -0.161.